The highest BCUT2D eigenvalue weighted by Crippen LogP contribution is 2.41. The van der Waals surface area contributed by atoms with Crippen LogP contribution < -0.4 is 10.9 Å². The predicted molar refractivity (Wildman–Crippen MR) is 110 cm³/mol. The Kier molecular flexibility index (Phi) is 4.22. The van der Waals surface area contributed by atoms with Crippen LogP contribution in [0.3, 0.4) is 0 Å². The second-order valence-corrected chi connectivity index (χ2v) is 7.90. The Bertz CT molecular complexity index is 825. The van der Waals surface area contributed by atoms with Gasteiger partial charge in [-0.25, -0.2) is 0 Å². The van der Waals surface area contributed by atoms with Crippen molar-refractivity contribution in [1.82, 2.24) is 0 Å². The fraction of sp³-hybridized carbons (Fsp3) is 0.217. The van der Waals surface area contributed by atoms with Gasteiger partial charge in [-0.15, -0.1) is 10.9 Å². The zero-order valence-corrected chi connectivity index (χ0v) is 15.7. The average molecular weight is 343 g/mol. The first-order valence-corrected chi connectivity index (χ1v) is 9.39. The number of likely N-dealkylation sites (N-methyl/N-ethyl adjacent to an activating group) is 1. The van der Waals surface area contributed by atoms with Crippen LogP contribution in [0.25, 0.3) is 0 Å². The van der Waals surface area contributed by atoms with Crippen molar-refractivity contribution in [3.63, 3.8) is 0 Å². The lowest BCUT2D eigenvalue weighted by Crippen LogP contribution is -2.76. The molecule has 0 spiro atoms. The molecule has 2 nitrogen and oxygen atoms in total. The quantitative estimate of drug-likeness (QED) is 0.662. The number of hydrogen-bond donors (Lipinski definition) is 0. The molecule has 132 valence electrons. The van der Waals surface area contributed by atoms with Gasteiger partial charge in [0.2, 0.25) is 0 Å². The molecule has 1 aliphatic rings. The third kappa shape index (κ3) is 2.43. The summed E-state index contributed by atoms with van der Waals surface area (Å²) in [7, 11) is 4.63. The Labute approximate surface area is 156 Å². The zero-order valence-electron chi connectivity index (χ0n) is 15.7. The highest BCUT2D eigenvalue weighted by Gasteiger charge is 2.57. The summed E-state index contributed by atoms with van der Waals surface area (Å²) in [5, 5.41) is 0. The average Bonchev–Trinajstić information content (AvgIpc) is 2.91. The Hall–Kier alpha value is -2.36. The minimum Gasteiger partial charge on any atom is -0.521 e. The summed E-state index contributed by atoms with van der Waals surface area (Å²) in [6.45, 7) is 0.898. The maximum atomic E-state index is 7.07. The smallest absolute Gasteiger partial charge is 0.392 e. The third-order valence-corrected chi connectivity index (χ3v) is 6.40. The molecule has 0 radical (unpaired) electrons. The minimum absolute atomic E-state index is 0.0617. The van der Waals surface area contributed by atoms with Gasteiger partial charge >= 0.3 is 6.48 Å². The second-order valence-electron chi connectivity index (χ2n) is 7.90. The molecule has 0 bridgehead atoms. The summed E-state index contributed by atoms with van der Waals surface area (Å²) in [5.41, 5.74) is 3.77. The topological polar surface area (TPSA) is 9.23 Å². The van der Waals surface area contributed by atoms with Gasteiger partial charge in [0.05, 0.1) is 12.1 Å². The number of rotatable bonds is 3. The summed E-state index contributed by atoms with van der Waals surface area (Å²) in [5.74, 6) is 0. The SMILES string of the molecule is C[C@H]1[C@H](c2ccccc2)O[B-](c2ccccc2)(c2ccccc2)[N+]1(C)C. The van der Waals surface area contributed by atoms with Gasteiger partial charge in [0.1, 0.15) is 0 Å². The van der Waals surface area contributed by atoms with Gasteiger partial charge in [0.25, 0.3) is 0 Å². The van der Waals surface area contributed by atoms with E-state index < -0.39 is 6.48 Å². The van der Waals surface area contributed by atoms with Crippen molar-refractivity contribution >= 4 is 17.4 Å². The summed E-state index contributed by atoms with van der Waals surface area (Å²) in [4.78, 5) is 0. The van der Waals surface area contributed by atoms with Crippen molar-refractivity contribution in [1.29, 1.82) is 0 Å². The van der Waals surface area contributed by atoms with E-state index in [1.807, 2.05) is 0 Å². The lowest BCUT2D eigenvalue weighted by Gasteiger charge is -2.51. The van der Waals surface area contributed by atoms with Crippen LogP contribution in [0.2, 0.25) is 0 Å². The molecule has 4 rings (SSSR count). The van der Waals surface area contributed by atoms with Crippen molar-refractivity contribution in [3.8, 4) is 0 Å². The second kappa shape index (κ2) is 6.42. The van der Waals surface area contributed by atoms with Gasteiger partial charge in [-0.05, 0) is 12.5 Å². The Balaban J connectivity index is 1.94. The Morgan fingerprint density at radius 2 is 1.12 bits per heavy atom. The molecule has 1 saturated heterocycles. The van der Waals surface area contributed by atoms with Crippen LogP contribution in [0.5, 0.6) is 0 Å². The molecular formula is C23H26BNO. The van der Waals surface area contributed by atoms with E-state index in [0.717, 1.165) is 4.39 Å². The molecule has 3 aromatic carbocycles. The van der Waals surface area contributed by atoms with E-state index in [2.05, 4.69) is 112 Å². The molecule has 0 amide bonds. The third-order valence-electron chi connectivity index (χ3n) is 6.40. The van der Waals surface area contributed by atoms with E-state index in [4.69, 9.17) is 4.65 Å². The van der Waals surface area contributed by atoms with Crippen LogP contribution in [-0.4, -0.2) is 31.0 Å². The highest BCUT2D eigenvalue weighted by atomic mass is 16.5. The van der Waals surface area contributed by atoms with Gasteiger partial charge < -0.3 is 9.05 Å². The van der Waals surface area contributed by atoms with Crippen molar-refractivity contribution in [2.24, 2.45) is 0 Å². The number of benzene rings is 3. The molecule has 0 N–H and O–H groups in total. The lowest BCUT2D eigenvalue weighted by molar-refractivity contribution is -0.808. The molecule has 0 aliphatic carbocycles. The molecule has 1 aliphatic heterocycles. The summed E-state index contributed by atoms with van der Waals surface area (Å²) in [6.07, 6.45) is 0.0617. The molecule has 0 aromatic heterocycles. The van der Waals surface area contributed by atoms with Gasteiger partial charge in [0, 0.05) is 14.1 Å². The van der Waals surface area contributed by atoms with E-state index in [1.54, 1.807) is 0 Å². The van der Waals surface area contributed by atoms with Gasteiger partial charge in [-0.3, -0.25) is 0 Å². The predicted octanol–water partition coefficient (Wildman–Crippen LogP) is 3.48. The van der Waals surface area contributed by atoms with Gasteiger partial charge in [-0.2, -0.15) is 0 Å². The number of hydrogen-bond acceptors (Lipinski definition) is 1. The van der Waals surface area contributed by atoms with E-state index >= 15 is 0 Å². The molecular weight excluding hydrogens is 317 g/mol. The fourth-order valence-electron chi connectivity index (χ4n) is 4.71. The van der Waals surface area contributed by atoms with Crippen LogP contribution >= 0.6 is 0 Å². The van der Waals surface area contributed by atoms with Crippen LogP contribution in [-0.2, 0) is 4.65 Å². The summed E-state index contributed by atoms with van der Waals surface area (Å²) < 4.78 is 7.87. The van der Waals surface area contributed by atoms with E-state index in [1.165, 1.54) is 16.5 Å². The van der Waals surface area contributed by atoms with E-state index in [-0.39, 0.29) is 6.10 Å². The number of quaternary nitrogens is 1. The maximum absolute atomic E-state index is 7.07. The molecule has 0 saturated carbocycles. The minimum atomic E-state index is -1.41. The Morgan fingerprint density at radius 1 is 0.692 bits per heavy atom. The summed E-state index contributed by atoms with van der Waals surface area (Å²) in [6, 6.07) is 32.4. The van der Waals surface area contributed by atoms with E-state index in [0.29, 0.717) is 6.04 Å². The molecule has 26 heavy (non-hydrogen) atoms. The van der Waals surface area contributed by atoms with Crippen molar-refractivity contribution in [2.45, 2.75) is 19.1 Å². The molecule has 3 aromatic rings. The van der Waals surface area contributed by atoms with Crippen molar-refractivity contribution in [2.75, 3.05) is 14.1 Å². The first-order valence-electron chi connectivity index (χ1n) is 9.39. The van der Waals surface area contributed by atoms with Crippen molar-refractivity contribution in [3.05, 3.63) is 96.6 Å². The molecule has 1 fully saturated rings. The van der Waals surface area contributed by atoms with E-state index in [9.17, 15) is 0 Å². The van der Waals surface area contributed by atoms with Crippen LogP contribution in [0.15, 0.2) is 91.0 Å². The van der Waals surface area contributed by atoms with Crippen molar-refractivity contribution < 1.29 is 9.05 Å². The number of nitrogens with zero attached hydrogens (tertiary/aromatic N) is 1. The molecule has 0 unspecified atom stereocenters. The highest BCUT2D eigenvalue weighted by molar-refractivity contribution is 6.92. The first kappa shape index (κ1) is 17.1. The lowest BCUT2D eigenvalue weighted by atomic mass is 9.39. The van der Waals surface area contributed by atoms with Crippen LogP contribution in [0.4, 0.5) is 0 Å². The molecule has 3 heteroatoms. The molecule has 1 heterocycles. The first-order chi connectivity index (χ1) is 12.6. The van der Waals surface area contributed by atoms with Gasteiger partial charge in [0.15, 0.2) is 0 Å². The van der Waals surface area contributed by atoms with Gasteiger partial charge in [-0.1, -0.05) is 91.0 Å². The zero-order chi connectivity index (χ0) is 18.2. The van der Waals surface area contributed by atoms with Crippen LogP contribution in [0.1, 0.15) is 18.6 Å². The summed E-state index contributed by atoms with van der Waals surface area (Å²) >= 11 is 0. The largest absolute Gasteiger partial charge is 0.521 e. The standard InChI is InChI=1S/C23H26BNO/c1-19-23(20-13-7-4-8-14-20)26-24(25(19,2)3,21-15-9-5-10-16-21)22-17-11-6-12-18-22/h4-19,23H,1-3H3/t19-,23+/m0/s1. The Morgan fingerprint density at radius 3 is 1.58 bits per heavy atom. The normalized spacial score (nSPS) is 23.7. The van der Waals surface area contributed by atoms with Crippen LogP contribution in [0, 0.1) is 0 Å². The molecule has 2 atom stereocenters. The fourth-order valence-corrected chi connectivity index (χ4v) is 4.71. The maximum Gasteiger partial charge on any atom is 0.392 e. The monoisotopic (exact) mass is 343 g/mol.